The van der Waals surface area contributed by atoms with Gasteiger partial charge in [0.05, 0.1) is 5.56 Å². The second-order valence-corrected chi connectivity index (χ2v) is 13.1. The standard InChI is InChI=1S/C27H33F3O5S/c1-25-14-12-19(34-24(31)17-6-4-3-5-7-17)16-18(25)8-9-20-21-10-11-23(26(21,2)15-13-22(20)25)35-36(32,33)27(28,29)30/h3-7,11,18-22H,8-10,12-16H2,1-2H3/t18?,19?,20-,21-,22-,25-,26-/m0/s1. The molecule has 2 unspecified atom stereocenters. The Morgan fingerprint density at radius 3 is 2.42 bits per heavy atom. The Bertz CT molecular complexity index is 1150. The zero-order valence-electron chi connectivity index (χ0n) is 20.6. The summed E-state index contributed by atoms with van der Waals surface area (Å²) in [6.45, 7) is 4.20. The van der Waals surface area contributed by atoms with Crippen molar-refractivity contribution in [3.63, 3.8) is 0 Å². The van der Waals surface area contributed by atoms with E-state index in [-0.39, 0.29) is 29.2 Å². The molecular formula is C27H33F3O5S. The van der Waals surface area contributed by atoms with Gasteiger partial charge in [-0.3, -0.25) is 0 Å². The molecule has 0 radical (unpaired) electrons. The number of hydrogen-bond acceptors (Lipinski definition) is 5. The minimum absolute atomic E-state index is 0.0351. The number of alkyl halides is 3. The Hall–Kier alpha value is -2.03. The number of ether oxygens (including phenoxy) is 1. The normalized spacial score (nSPS) is 38.2. The van der Waals surface area contributed by atoms with E-state index in [4.69, 9.17) is 8.92 Å². The van der Waals surface area contributed by atoms with E-state index in [0.717, 1.165) is 38.5 Å². The van der Waals surface area contributed by atoms with Gasteiger partial charge in [0, 0.05) is 5.41 Å². The van der Waals surface area contributed by atoms with Crippen LogP contribution in [0.2, 0.25) is 0 Å². The van der Waals surface area contributed by atoms with Crippen LogP contribution in [-0.2, 0) is 19.0 Å². The molecule has 198 valence electrons. The molecule has 0 spiro atoms. The molecule has 0 saturated heterocycles. The van der Waals surface area contributed by atoms with Gasteiger partial charge in [0.25, 0.3) is 0 Å². The molecular weight excluding hydrogens is 493 g/mol. The Morgan fingerprint density at radius 1 is 1.00 bits per heavy atom. The summed E-state index contributed by atoms with van der Waals surface area (Å²) in [5, 5.41) is 0. The summed E-state index contributed by atoms with van der Waals surface area (Å²) in [7, 11) is -5.68. The number of allylic oxidation sites excluding steroid dienone is 2. The van der Waals surface area contributed by atoms with Gasteiger partial charge in [-0.25, -0.2) is 4.79 Å². The molecule has 0 bridgehead atoms. The first kappa shape index (κ1) is 25.6. The minimum atomic E-state index is -5.68. The number of carbonyl (C=O) groups is 1. The predicted octanol–water partition coefficient (Wildman–Crippen LogP) is 6.61. The summed E-state index contributed by atoms with van der Waals surface area (Å²) in [5.41, 5.74) is -5.51. The molecule has 3 fully saturated rings. The van der Waals surface area contributed by atoms with Gasteiger partial charge >= 0.3 is 21.6 Å². The van der Waals surface area contributed by atoms with Crippen LogP contribution in [0, 0.1) is 34.5 Å². The first-order valence-electron chi connectivity index (χ1n) is 12.8. The summed E-state index contributed by atoms with van der Waals surface area (Å²) in [6, 6.07) is 9.01. The van der Waals surface area contributed by atoms with Crippen molar-refractivity contribution in [2.75, 3.05) is 0 Å². The first-order chi connectivity index (χ1) is 16.8. The van der Waals surface area contributed by atoms with Crippen LogP contribution in [0.3, 0.4) is 0 Å². The highest BCUT2D eigenvalue weighted by atomic mass is 32.2. The fraction of sp³-hybridized carbons (Fsp3) is 0.667. The third-order valence-electron chi connectivity index (χ3n) is 9.89. The summed E-state index contributed by atoms with van der Waals surface area (Å²) in [6.07, 6.45) is 7.92. The molecule has 3 saturated carbocycles. The van der Waals surface area contributed by atoms with Crippen molar-refractivity contribution in [3.8, 4) is 0 Å². The van der Waals surface area contributed by atoms with E-state index in [1.54, 1.807) is 18.2 Å². The highest BCUT2D eigenvalue weighted by molar-refractivity contribution is 7.87. The SMILES string of the molecule is C[C@]12CCC(OC(=O)c3ccccc3)CC1CC[C@@H]1[C@@H]2CC[C@]2(C)C(OS(=O)(=O)C(F)(F)F)=CC[C@@H]12. The fourth-order valence-corrected chi connectivity index (χ4v) is 8.53. The van der Waals surface area contributed by atoms with Gasteiger partial charge in [-0.15, -0.1) is 0 Å². The lowest BCUT2D eigenvalue weighted by atomic mass is 9.45. The fourth-order valence-electron chi connectivity index (χ4n) is 7.94. The quantitative estimate of drug-likeness (QED) is 0.251. The van der Waals surface area contributed by atoms with Gasteiger partial charge in [0.2, 0.25) is 0 Å². The van der Waals surface area contributed by atoms with Gasteiger partial charge in [-0.1, -0.05) is 32.0 Å². The summed E-state index contributed by atoms with van der Waals surface area (Å²) >= 11 is 0. The number of fused-ring (bicyclic) bond motifs is 5. The number of carbonyl (C=O) groups excluding carboxylic acids is 1. The summed E-state index contributed by atoms with van der Waals surface area (Å²) < 4.78 is 72.9. The van der Waals surface area contributed by atoms with E-state index in [1.807, 2.05) is 25.1 Å². The molecule has 9 heteroatoms. The lowest BCUT2D eigenvalue weighted by molar-refractivity contribution is -0.123. The number of halogens is 3. The zero-order chi connectivity index (χ0) is 25.9. The van der Waals surface area contributed by atoms with E-state index in [1.165, 1.54) is 0 Å². The molecule has 4 aliphatic carbocycles. The molecule has 7 atom stereocenters. The van der Waals surface area contributed by atoms with Crippen LogP contribution in [0.5, 0.6) is 0 Å². The van der Waals surface area contributed by atoms with Crippen LogP contribution in [0.15, 0.2) is 42.2 Å². The van der Waals surface area contributed by atoms with Gasteiger partial charge in [-0.05, 0) is 98.7 Å². The zero-order valence-corrected chi connectivity index (χ0v) is 21.4. The van der Waals surface area contributed by atoms with Gasteiger partial charge in [-0.2, -0.15) is 21.6 Å². The maximum Gasteiger partial charge on any atom is 0.534 e. The van der Waals surface area contributed by atoms with Crippen molar-refractivity contribution < 1.29 is 35.3 Å². The van der Waals surface area contributed by atoms with E-state index in [9.17, 15) is 26.4 Å². The van der Waals surface area contributed by atoms with Crippen LogP contribution in [0.4, 0.5) is 13.2 Å². The van der Waals surface area contributed by atoms with Gasteiger partial charge < -0.3 is 8.92 Å². The molecule has 0 aromatic heterocycles. The lowest BCUT2D eigenvalue weighted by Gasteiger charge is -2.60. The molecule has 1 aromatic rings. The van der Waals surface area contributed by atoms with E-state index < -0.39 is 21.0 Å². The molecule has 5 rings (SSSR count). The largest absolute Gasteiger partial charge is 0.534 e. The highest BCUT2D eigenvalue weighted by Gasteiger charge is 2.61. The second-order valence-electron chi connectivity index (χ2n) is 11.6. The molecule has 36 heavy (non-hydrogen) atoms. The number of esters is 1. The Balaban J connectivity index is 1.27. The van der Waals surface area contributed by atoms with Crippen LogP contribution in [0.25, 0.3) is 0 Å². The first-order valence-corrected chi connectivity index (χ1v) is 14.2. The number of hydrogen-bond donors (Lipinski definition) is 0. The van der Waals surface area contributed by atoms with Gasteiger partial charge in [0.15, 0.2) is 0 Å². The van der Waals surface area contributed by atoms with Crippen LogP contribution in [-0.4, -0.2) is 26.0 Å². The topological polar surface area (TPSA) is 69.7 Å². The lowest BCUT2D eigenvalue weighted by Crippen LogP contribution is -2.54. The second kappa shape index (κ2) is 8.77. The maximum absolute atomic E-state index is 13.0. The van der Waals surface area contributed by atoms with E-state index >= 15 is 0 Å². The monoisotopic (exact) mass is 526 g/mol. The predicted molar refractivity (Wildman–Crippen MR) is 127 cm³/mol. The smallest absolute Gasteiger partial charge is 0.459 e. The van der Waals surface area contributed by atoms with Crippen molar-refractivity contribution in [2.45, 2.75) is 76.8 Å². The Morgan fingerprint density at radius 2 is 1.72 bits per heavy atom. The molecule has 4 aliphatic rings. The van der Waals surface area contributed by atoms with Crippen molar-refractivity contribution in [3.05, 3.63) is 47.7 Å². The maximum atomic E-state index is 13.0. The van der Waals surface area contributed by atoms with Crippen LogP contribution >= 0.6 is 0 Å². The minimum Gasteiger partial charge on any atom is -0.459 e. The van der Waals surface area contributed by atoms with Crippen molar-refractivity contribution in [1.82, 2.24) is 0 Å². The Kier molecular flexibility index (Phi) is 6.24. The van der Waals surface area contributed by atoms with Crippen LogP contribution in [0.1, 0.15) is 75.6 Å². The molecule has 0 aliphatic heterocycles. The molecule has 1 aromatic carbocycles. The summed E-state index contributed by atoms with van der Waals surface area (Å²) in [4.78, 5) is 12.6. The highest BCUT2D eigenvalue weighted by Crippen LogP contribution is 2.66. The molecule has 0 heterocycles. The van der Waals surface area contributed by atoms with E-state index in [0.29, 0.717) is 36.2 Å². The van der Waals surface area contributed by atoms with Crippen molar-refractivity contribution in [2.24, 2.45) is 34.5 Å². The molecule has 0 N–H and O–H groups in total. The number of rotatable bonds is 4. The average Bonchev–Trinajstić information content (AvgIpc) is 3.14. The third kappa shape index (κ3) is 4.15. The van der Waals surface area contributed by atoms with Crippen molar-refractivity contribution >= 4 is 16.1 Å². The Labute approximate surface area is 210 Å². The third-order valence-corrected chi connectivity index (χ3v) is 10.9. The molecule has 5 nitrogen and oxygen atoms in total. The van der Waals surface area contributed by atoms with Crippen molar-refractivity contribution in [1.29, 1.82) is 0 Å². The molecule has 0 amide bonds. The van der Waals surface area contributed by atoms with Crippen LogP contribution < -0.4 is 0 Å². The van der Waals surface area contributed by atoms with Gasteiger partial charge in [0.1, 0.15) is 11.9 Å². The summed E-state index contributed by atoms with van der Waals surface area (Å²) in [5.74, 6) is 0.880. The number of benzene rings is 1. The average molecular weight is 527 g/mol. The van der Waals surface area contributed by atoms with E-state index in [2.05, 4.69) is 6.92 Å².